The topological polar surface area (TPSA) is 675 Å². The fraction of sp³-hybridized carbons (Fsp3) is 0.922. The number of aliphatic hydroxyl groups excluding tert-OH is 20. The van der Waals surface area contributed by atoms with Crippen LogP contribution >= 0.6 is 0 Å². The van der Waals surface area contributed by atoms with Crippen molar-refractivity contribution in [2.24, 2.45) is 5.73 Å². The van der Waals surface area contributed by atoms with Crippen LogP contribution in [0.3, 0.4) is 0 Å². The van der Waals surface area contributed by atoms with Gasteiger partial charge < -0.3 is 175 Å². The molecule has 0 unspecified atom stereocenters. The number of nitrogens with two attached hydrogens (primary N) is 1. The summed E-state index contributed by atoms with van der Waals surface area (Å²) in [5.74, 6) is -0.222. The number of hydrazine groups is 1. The molecule has 0 saturated carbocycles. The van der Waals surface area contributed by atoms with Crippen LogP contribution in [0.4, 0.5) is 4.79 Å². The summed E-state index contributed by atoms with van der Waals surface area (Å²) in [5.41, 5.74) is 10.7. The zero-order valence-electron chi connectivity index (χ0n) is 59.2. The molecular formula is C64H115N5O37. The first-order chi connectivity index (χ1) is 50.5. The minimum absolute atomic E-state index is 0.0151. The maximum Gasteiger partial charge on any atom is 0.314 e. The van der Waals surface area contributed by atoms with E-state index < -0.39 is 236 Å². The number of Topliss-reactive ketones (excluding diaryl/α,β-unsaturated/α-hetero) is 3. The SMILES string of the molecule is CC(=O)[C@H](CCCCN)NNC(=O)CCCCNC(=O)NCCO[C@@H]1O[C@H](CO[C@H]2O[C@H](CO)[C@@H](O)[C@H](O)[C@@H]2O)[C@@H](O)[C@H](O[C@H]2O[C@H](CO)[C@@H](O)[C@H](O)[C@@H]2O)[C@@H]1O.CCCC(=O)CCCCCC(=O)CCCO[C@@H]1O[C@H](CO[C@H]2O[C@H](CO)[C@@H](O)[C@H](O)[C@@H]2O)[C@@H](O)[C@H](O[C@H]2O[C@H](CO)[C@@H](O)[C@H](O)[C@@H]2O)[C@@H]1O. The summed E-state index contributed by atoms with van der Waals surface area (Å²) in [5, 5.41) is 210. The number of ether oxygens (including phenoxy) is 12. The van der Waals surface area contributed by atoms with Crippen LogP contribution in [-0.4, -0.2) is 394 Å². The molecule has 6 heterocycles. The highest BCUT2D eigenvalue weighted by atomic mass is 16.8. The van der Waals surface area contributed by atoms with E-state index in [1.165, 1.54) is 6.92 Å². The van der Waals surface area contributed by atoms with Crippen LogP contribution in [0, 0.1) is 0 Å². The van der Waals surface area contributed by atoms with Crippen molar-refractivity contribution >= 4 is 29.3 Å². The Hall–Kier alpha value is -3.61. The number of rotatable bonds is 43. The quantitative estimate of drug-likeness (QED) is 0.0199. The Morgan fingerprint density at radius 1 is 0.387 bits per heavy atom. The lowest BCUT2D eigenvalue weighted by atomic mass is 9.96. The lowest BCUT2D eigenvalue weighted by Crippen LogP contribution is -2.65. The van der Waals surface area contributed by atoms with Crippen molar-refractivity contribution in [2.45, 2.75) is 300 Å². The van der Waals surface area contributed by atoms with Crippen LogP contribution in [0.5, 0.6) is 0 Å². The fourth-order valence-electron chi connectivity index (χ4n) is 12.1. The van der Waals surface area contributed by atoms with Gasteiger partial charge in [0.15, 0.2) is 37.7 Å². The van der Waals surface area contributed by atoms with Crippen LogP contribution < -0.4 is 27.2 Å². The maximum atomic E-state index is 12.4. The average molecular weight is 1550 g/mol. The number of hydrogen-bond acceptors (Lipinski definition) is 39. The molecule has 0 bridgehead atoms. The van der Waals surface area contributed by atoms with E-state index in [9.17, 15) is 126 Å². The number of carbonyl (C=O) groups is 5. The number of amides is 3. The smallest absolute Gasteiger partial charge is 0.314 e. The van der Waals surface area contributed by atoms with Gasteiger partial charge in [-0.2, -0.15) is 0 Å². The standard InChI is InChI=1S/C33H61N5O19.C31H54O18/c1-15(41)16(6-2-4-8-34)37-38-20(42)7-3-5-9-35-33(51)36-10-11-52-31-28(50)29(57-32-27(49)25(47)22(44)18(13-40)55-32)23(45)19(56-31)14-53-30-26(48)24(46)21(43)17(12-39)54-30;1-2-7-15(34)8-4-3-5-9-16(35)10-6-11-44-30-27(43)28(49-31-26(42)24(40)21(37)18(13-33)47-31)22(38)19(48-30)14-45-29-25(41)23(39)20(36)17(12-32)46-29/h16-19,21-32,37,39-40,43-50H,2-14,34H2,1H3,(H,38,42)(H2,35,36,51);17-33,36-43H,2-14H2,1H3/t16-,17+,18+,19+,21+,22+,23+,24-,25-,26-,27-,28-,29-,30-,31+,32+;17-,18-,19-,20-,21-,22-,23+,24+,25+,26+,27+,28+,29+,30-,31-/m01/s1. The van der Waals surface area contributed by atoms with Gasteiger partial charge in [-0.3, -0.25) is 24.6 Å². The molecule has 106 heavy (non-hydrogen) atoms. The second-order valence-corrected chi connectivity index (χ2v) is 26.7. The van der Waals surface area contributed by atoms with Gasteiger partial charge in [-0.1, -0.05) is 19.8 Å². The summed E-state index contributed by atoms with van der Waals surface area (Å²) in [6, 6.07) is -1.09. The Balaban J connectivity index is 0.000000385. The monoisotopic (exact) mass is 1550 g/mol. The van der Waals surface area contributed by atoms with E-state index in [1.54, 1.807) is 0 Å². The molecule has 0 aromatic heterocycles. The zero-order valence-corrected chi connectivity index (χ0v) is 59.2. The predicted molar refractivity (Wildman–Crippen MR) is 351 cm³/mol. The molecule has 3 amide bonds. The molecule has 0 aromatic rings. The number of nitrogens with one attached hydrogen (secondary N) is 4. The summed E-state index contributed by atoms with van der Waals surface area (Å²) in [6.45, 7) is -0.617. The van der Waals surface area contributed by atoms with Crippen molar-refractivity contribution in [3.8, 4) is 0 Å². The van der Waals surface area contributed by atoms with Gasteiger partial charge in [0.2, 0.25) is 5.91 Å². The molecule has 6 aliphatic heterocycles. The number of unbranched alkanes of at least 4 members (excludes halogenated alkanes) is 4. The highest BCUT2D eigenvalue weighted by molar-refractivity contribution is 5.82. The van der Waals surface area contributed by atoms with Gasteiger partial charge in [0.1, 0.15) is 164 Å². The average Bonchev–Trinajstić information content (AvgIpc) is 0.791. The van der Waals surface area contributed by atoms with Crippen LogP contribution in [0.2, 0.25) is 0 Å². The zero-order chi connectivity index (χ0) is 78.5. The van der Waals surface area contributed by atoms with Gasteiger partial charge in [0, 0.05) is 45.2 Å². The van der Waals surface area contributed by atoms with Crippen LogP contribution in [-0.2, 0) is 76.0 Å². The molecule has 6 fully saturated rings. The lowest BCUT2D eigenvalue weighted by molar-refractivity contribution is -0.366. The van der Waals surface area contributed by atoms with Crippen molar-refractivity contribution < 1.29 is 183 Å². The number of aliphatic hydroxyl groups is 20. The normalized spacial score (nSPS) is 38.0. The molecule has 0 aromatic carbocycles. The molecular weight excluding hydrogens is 1430 g/mol. The minimum Gasteiger partial charge on any atom is -0.394 e. The Morgan fingerprint density at radius 2 is 0.764 bits per heavy atom. The van der Waals surface area contributed by atoms with Gasteiger partial charge in [-0.25, -0.2) is 10.2 Å². The van der Waals surface area contributed by atoms with E-state index in [-0.39, 0.29) is 68.8 Å². The maximum absolute atomic E-state index is 12.4. The Labute approximate surface area is 610 Å². The molecule has 6 saturated heterocycles. The molecule has 31 atom stereocenters. The molecule has 6 rings (SSSR count). The van der Waals surface area contributed by atoms with Gasteiger partial charge in [0.05, 0.1) is 58.9 Å². The number of carbonyl (C=O) groups excluding carboxylic acids is 5. The van der Waals surface area contributed by atoms with Gasteiger partial charge in [-0.15, -0.1) is 0 Å². The molecule has 618 valence electrons. The van der Waals surface area contributed by atoms with E-state index in [2.05, 4.69) is 21.5 Å². The van der Waals surface area contributed by atoms with Crippen LogP contribution in [0.25, 0.3) is 0 Å². The van der Waals surface area contributed by atoms with Crippen molar-refractivity contribution in [1.82, 2.24) is 21.5 Å². The van der Waals surface area contributed by atoms with E-state index in [1.807, 2.05) is 6.92 Å². The van der Waals surface area contributed by atoms with E-state index >= 15 is 0 Å². The molecule has 26 N–H and O–H groups in total. The van der Waals surface area contributed by atoms with Gasteiger partial charge in [0.25, 0.3) is 0 Å². The largest absolute Gasteiger partial charge is 0.394 e. The Bertz CT molecular complexity index is 2530. The summed E-state index contributed by atoms with van der Waals surface area (Å²) in [6.07, 6.45) is -42.1. The number of urea groups is 1. The number of hydrogen-bond donors (Lipinski definition) is 25. The molecule has 42 nitrogen and oxygen atoms in total. The number of ketones is 3. The van der Waals surface area contributed by atoms with E-state index in [0.29, 0.717) is 51.5 Å². The Kier molecular flexibility index (Phi) is 41.8. The first-order valence-electron chi connectivity index (χ1n) is 35.8. The van der Waals surface area contributed by atoms with Gasteiger partial charge >= 0.3 is 6.03 Å². The summed E-state index contributed by atoms with van der Waals surface area (Å²) >= 11 is 0. The molecule has 0 radical (unpaired) electrons. The second-order valence-electron chi connectivity index (χ2n) is 26.7. The molecule has 0 aliphatic carbocycles. The Morgan fingerprint density at radius 3 is 1.19 bits per heavy atom. The molecule has 42 heteroatoms. The van der Waals surface area contributed by atoms with Crippen molar-refractivity contribution in [2.75, 3.05) is 72.5 Å². The van der Waals surface area contributed by atoms with Crippen molar-refractivity contribution in [3.05, 3.63) is 0 Å². The van der Waals surface area contributed by atoms with E-state index in [0.717, 1.165) is 32.1 Å². The summed E-state index contributed by atoms with van der Waals surface area (Å²) < 4.78 is 66.4. The first-order valence-corrected chi connectivity index (χ1v) is 35.8. The van der Waals surface area contributed by atoms with Crippen LogP contribution in [0.1, 0.15) is 110 Å². The lowest BCUT2D eigenvalue weighted by Gasteiger charge is -2.46. The third kappa shape index (κ3) is 27.6. The minimum atomic E-state index is -1.91. The predicted octanol–water partition coefficient (Wildman–Crippen LogP) is -11.3. The fourth-order valence-corrected chi connectivity index (χ4v) is 12.1. The van der Waals surface area contributed by atoms with Crippen molar-refractivity contribution in [1.29, 1.82) is 0 Å². The van der Waals surface area contributed by atoms with Crippen LogP contribution in [0.15, 0.2) is 0 Å². The molecule has 6 aliphatic rings. The van der Waals surface area contributed by atoms with Crippen molar-refractivity contribution in [3.63, 3.8) is 0 Å². The summed E-state index contributed by atoms with van der Waals surface area (Å²) in [4.78, 5) is 60.2. The summed E-state index contributed by atoms with van der Waals surface area (Å²) in [7, 11) is 0. The highest BCUT2D eigenvalue weighted by Gasteiger charge is 2.55. The van der Waals surface area contributed by atoms with Gasteiger partial charge in [-0.05, 0) is 64.8 Å². The highest BCUT2D eigenvalue weighted by Crippen LogP contribution is 2.34. The third-order valence-electron chi connectivity index (χ3n) is 18.5. The second kappa shape index (κ2) is 47.7. The first kappa shape index (κ1) is 93.0. The van der Waals surface area contributed by atoms with E-state index in [4.69, 9.17) is 62.6 Å². The third-order valence-corrected chi connectivity index (χ3v) is 18.5. The molecule has 0 spiro atoms.